The van der Waals surface area contributed by atoms with Crippen LogP contribution < -0.4 is 16.0 Å². The molecule has 0 aliphatic heterocycles. The molecule has 7 heteroatoms. The van der Waals surface area contributed by atoms with Crippen molar-refractivity contribution < 1.29 is 19.1 Å². The topological polar surface area (TPSA) is 96.5 Å². The highest BCUT2D eigenvalue weighted by Gasteiger charge is 2.30. The zero-order valence-electron chi connectivity index (χ0n) is 18.2. The lowest BCUT2D eigenvalue weighted by molar-refractivity contribution is -0.117. The average Bonchev–Trinajstić information content (AvgIpc) is 3.04. The summed E-state index contributed by atoms with van der Waals surface area (Å²) in [5.41, 5.74) is 5.44. The van der Waals surface area contributed by atoms with Gasteiger partial charge in [0.1, 0.15) is 6.61 Å². The van der Waals surface area contributed by atoms with E-state index in [4.69, 9.17) is 4.74 Å². The number of fused-ring (bicyclic) bond motifs is 3. The zero-order chi connectivity index (χ0) is 22.4. The van der Waals surface area contributed by atoms with Crippen molar-refractivity contribution in [3.8, 4) is 11.1 Å². The van der Waals surface area contributed by atoms with Gasteiger partial charge in [-0.3, -0.25) is 9.59 Å². The summed E-state index contributed by atoms with van der Waals surface area (Å²) in [5, 5.41) is 8.33. The van der Waals surface area contributed by atoms with E-state index in [2.05, 4.69) is 16.0 Å². The molecule has 0 unspecified atom stereocenters. The number of alkyl carbamates (subject to hydrolysis) is 1. The van der Waals surface area contributed by atoms with E-state index < -0.39 is 6.09 Å². The summed E-state index contributed by atoms with van der Waals surface area (Å²) >= 11 is 0. The van der Waals surface area contributed by atoms with Gasteiger partial charge < -0.3 is 20.7 Å². The lowest BCUT2D eigenvalue weighted by Gasteiger charge is -2.16. The van der Waals surface area contributed by atoms with E-state index in [1.807, 2.05) is 50.2 Å². The van der Waals surface area contributed by atoms with Gasteiger partial charge in [-0.05, 0) is 59.4 Å². The Kier molecular flexibility index (Phi) is 7.28. The van der Waals surface area contributed by atoms with Gasteiger partial charge in [0.25, 0.3) is 0 Å². The third-order valence-electron chi connectivity index (χ3n) is 5.25. The quantitative estimate of drug-likeness (QED) is 0.577. The van der Waals surface area contributed by atoms with Crippen LogP contribution in [0.4, 0.5) is 16.2 Å². The maximum atomic E-state index is 12.0. The van der Waals surface area contributed by atoms with Crippen LogP contribution in [0, 0.1) is 0 Å². The largest absolute Gasteiger partial charge is 0.449 e. The lowest BCUT2D eigenvalue weighted by atomic mass is 9.97. The average molecular weight is 424 g/mol. The molecule has 3 rings (SSSR count). The molecule has 2 aromatic rings. The van der Waals surface area contributed by atoms with Crippen molar-refractivity contribution in [1.82, 2.24) is 5.32 Å². The van der Waals surface area contributed by atoms with Crippen LogP contribution in [-0.2, 0) is 14.3 Å². The second kappa shape index (κ2) is 10.1. The number of nitrogens with one attached hydrogen (secondary N) is 3. The smallest absolute Gasteiger partial charge is 0.406 e. The highest BCUT2D eigenvalue weighted by atomic mass is 16.5. The number of ether oxygens (including phenoxy) is 1. The van der Waals surface area contributed by atoms with E-state index in [1.54, 1.807) is 0 Å². The molecule has 0 heterocycles. The highest BCUT2D eigenvalue weighted by molar-refractivity contribution is 5.93. The molecule has 0 radical (unpaired) electrons. The van der Waals surface area contributed by atoms with Gasteiger partial charge >= 0.3 is 6.09 Å². The molecular weight excluding hydrogens is 394 g/mol. The van der Waals surface area contributed by atoms with Crippen molar-refractivity contribution >= 4 is 29.3 Å². The first-order valence-electron chi connectivity index (χ1n) is 10.7. The second-order valence-electron chi connectivity index (χ2n) is 7.60. The Morgan fingerprint density at radius 1 is 0.839 bits per heavy atom. The number of carbonyl (C=O) groups excluding carboxylic acids is 3. The molecule has 0 aromatic heterocycles. The van der Waals surface area contributed by atoms with Crippen molar-refractivity contribution in [3.05, 3.63) is 47.5 Å². The van der Waals surface area contributed by atoms with Crippen LogP contribution in [0.15, 0.2) is 36.4 Å². The molecule has 0 saturated heterocycles. The maximum Gasteiger partial charge on any atom is 0.406 e. The molecule has 0 fully saturated rings. The van der Waals surface area contributed by atoms with Gasteiger partial charge in [0, 0.05) is 37.2 Å². The van der Waals surface area contributed by atoms with E-state index in [0.29, 0.717) is 24.2 Å². The molecule has 31 heavy (non-hydrogen) atoms. The van der Waals surface area contributed by atoms with Crippen molar-refractivity contribution in [3.63, 3.8) is 0 Å². The van der Waals surface area contributed by atoms with Gasteiger partial charge in [-0.1, -0.05) is 26.0 Å². The molecule has 0 bridgehead atoms. The molecule has 1 aliphatic carbocycles. The van der Waals surface area contributed by atoms with Crippen LogP contribution in [0.1, 0.15) is 56.6 Å². The van der Waals surface area contributed by atoms with Gasteiger partial charge in [0.15, 0.2) is 0 Å². The first kappa shape index (κ1) is 22.3. The van der Waals surface area contributed by atoms with Crippen LogP contribution in [0.2, 0.25) is 0 Å². The van der Waals surface area contributed by atoms with Gasteiger partial charge in [-0.25, -0.2) is 4.79 Å². The number of rotatable bonds is 8. The minimum atomic E-state index is -0.505. The predicted octanol–water partition coefficient (Wildman–Crippen LogP) is 4.63. The van der Waals surface area contributed by atoms with Crippen LogP contribution in [0.5, 0.6) is 0 Å². The number of hydrogen-bond donors (Lipinski definition) is 3. The standard InChI is InChI=1S/C24H29N3O4/c1-4-6-22(28)26-15-8-10-17-18-11-9-16(27-23(29)7-5-2)13-20(18)21(19(17)12-15)14-31-24(30)25-3/h8-13,21H,4-7,14H2,1-3H3,(H,25,30)(H,26,28)(H,27,29). The fraction of sp³-hybridized carbons (Fsp3) is 0.375. The Balaban J connectivity index is 1.94. The molecule has 164 valence electrons. The van der Waals surface area contributed by atoms with Crippen LogP contribution >= 0.6 is 0 Å². The van der Waals surface area contributed by atoms with Gasteiger partial charge in [-0.15, -0.1) is 0 Å². The Bertz CT molecular complexity index is 917. The Hall–Kier alpha value is -3.35. The van der Waals surface area contributed by atoms with Crippen molar-refractivity contribution in [1.29, 1.82) is 0 Å². The summed E-state index contributed by atoms with van der Waals surface area (Å²) in [7, 11) is 1.52. The minimum Gasteiger partial charge on any atom is -0.449 e. The fourth-order valence-electron chi connectivity index (χ4n) is 3.83. The molecule has 3 N–H and O–H groups in total. The minimum absolute atomic E-state index is 0.0305. The molecule has 0 saturated carbocycles. The number of amides is 3. The summed E-state index contributed by atoms with van der Waals surface area (Å²) in [6.07, 6.45) is 1.96. The summed E-state index contributed by atoms with van der Waals surface area (Å²) < 4.78 is 5.38. The molecule has 7 nitrogen and oxygen atoms in total. The van der Waals surface area contributed by atoms with E-state index in [0.717, 1.165) is 35.1 Å². The Morgan fingerprint density at radius 3 is 1.74 bits per heavy atom. The highest BCUT2D eigenvalue weighted by Crippen LogP contribution is 2.46. The van der Waals surface area contributed by atoms with Crippen molar-refractivity contribution in [2.24, 2.45) is 0 Å². The molecule has 3 amide bonds. The maximum absolute atomic E-state index is 12.0. The molecule has 1 aliphatic rings. The first-order chi connectivity index (χ1) is 15.0. The summed E-state index contributed by atoms with van der Waals surface area (Å²) in [4.78, 5) is 35.8. The molecule has 2 aromatic carbocycles. The Labute approximate surface area is 182 Å². The third-order valence-corrected chi connectivity index (χ3v) is 5.25. The monoisotopic (exact) mass is 423 g/mol. The second-order valence-corrected chi connectivity index (χ2v) is 7.60. The Morgan fingerprint density at radius 2 is 1.32 bits per heavy atom. The summed E-state index contributed by atoms with van der Waals surface area (Å²) in [6, 6.07) is 11.6. The van der Waals surface area contributed by atoms with Crippen molar-refractivity contribution in [2.75, 3.05) is 24.3 Å². The van der Waals surface area contributed by atoms with Crippen LogP contribution in [-0.4, -0.2) is 31.6 Å². The van der Waals surface area contributed by atoms with Crippen LogP contribution in [0.3, 0.4) is 0 Å². The van der Waals surface area contributed by atoms with Gasteiger partial charge in [0.05, 0.1) is 0 Å². The number of benzene rings is 2. The number of anilines is 2. The van der Waals surface area contributed by atoms with Gasteiger partial charge in [-0.2, -0.15) is 0 Å². The van der Waals surface area contributed by atoms with E-state index >= 15 is 0 Å². The van der Waals surface area contributed by atoms with Crippen LogP contribution in [0.25, 0.3) is 11.1 Å². The molecule has 0 atom stereocenters. The van der Waals surface area contributed by atoms with E-state index in [1.165, 1.54) is 7.05 Å². The lowest BCUT2D eigenvalue weighted by Crippen LogP contribution is -2.22. The zero-order valence-corrected chi connectivity index (χ0v) is 18.2. The number of hydrogen-bond acceptors (Lipinski definition) is 4. The SMILES string of the molecule is CCCC(=O)Nc1ccc2c(c1)C(COC(=O)NC)c1cc(NC(=O)CCC)ccc1-2. The molecule has 0 spiro atoms. The fourth-order valence-corrected chi connectivity index (χ4v) is 3.83. The van der Waals surface area contributed by atoms with E-state index in [9.17, 15) is 14.4 Å². The first-order valence-corrected chi connectivity index (χ1v) is 10.7. The predicted molar refractivity (Wildman–Crippen MR) is 121 cm³/mol. The van der Waals surface area contributed by atoms with Gasteiger partial charge in [0.2, 0.25) is 11.8 Å². The summed E-state index contributed by atoms with van der Waals surface area (Å²) in [6.45, 7) is 4.07. The van der Waals surface area contributed by atoms with Crippen molar-refractivity contribution in [2.45, 2.75) is 45.4 Å². The number of carbonyl (C=O) groups is 3. The third kappa shape index (κ3) is 5.23. The molecular formula is C24H29N3O4. The summed E-state index contributed by atoms with van der Waals surface area (Å²) in [5.74, 6) is -0.262. The normalized spacial score (nSPS) is 12.0. The van der Waals surface area contributed by atoms with E-state index in [-0.39, 0.29) is 24.3 Å².